The van der Waals surface area contributed by atoms with Crippen LogP contribution in [0.2, 0.25) is 0 Å². The summed E-state index contributed by atoms with van der Waals surface area (Å²) in [6, 6.07) is 6.18. The Hall–Kier alpha value is -2.57. The lowest BCUT2D eigenvalue weighted by Gasteiger charge is -2.37. The van der Waals surface area contributed by atoms with Crippen molar-refractivity contribution in [3.63, 3.8) is 0 Å². The Labute approximate surface area is 212 Å². The zero-order valence-corrected chi connectivity index (χ0v) is 23.5. The molecule has 1 rings (SSSR count). The van der Waals surface area contributed by atoms with Crippen LogP contribution in [0.15, 0.2) is 24.3 Å². The van der Waals surface area contributed by atoms with Gasteiger partial charge in [0.2, 0.25) is 11.8 Å². The van der Waals surface area contributed by atoms with Crippen molar-refractivity contribution in [1.29, 1.82) is 0 Å². The van der Waals surface area contributed by atoms with Gasteiger partial charge in [0.15, 0.2) is 0 Å². The summed E-state index contributed by atoms with van der Waals surface area (Å²) in [7, 11) is 0. The van der Waals surface area contributed by atoms with Crippen LogP contribution < -0.4 is 10.6 Å². The Kier molecular flexibility index (Phi) is 11.3. The molecule has 0 aliphatic carbocycles. The standard InChI is InChI=1S/C28H47N3O4/c1-11-18-31(25(33)22(19(4)12-2)29-26(34)35-28(8,9)10)23(24(32)30-27(5,6)7)21-16-14-20(13-3)15-17-21/h14-17,19,22-23H,11-13,18H2,1-10H3,(H,29,34)(H,30,32). The molecule has 2 N–H and O–H groups in total. The van der Waals surface area contributed by atoms with Crippen molar-refractivity contribution in [3.8, 4) is 0 Å². The van der Waals surface area contributed by atoms with Gasteiger partial charge in [0.25, 0.3) is 0 Å². The second-order valence-electron chi connectivity index (χ2n) is 11.3. The summed E-state index contributed by atoms with van der Waals surface area (Å²) in [5.41, 5.74) is 0.740. The van der Waals surface area contributed by atoms with Gasteiger partial charge in [0, 0.05) is 12.1 Å². The van der Waals surface area contributed by atoms with Crippen molar-refractivity contribution in [2.45, 2.75) is 112 Å². The summed E-state index contributed by atoms with van der Waals surface area (Å²) >= 11 is 0. The Morgan fingerprint density at radius 1 is 0.971 bits per heavy atom. The number of nitrogens with one attached hydrogen (secondary N) is 2. The molecular formula is C28H47N3O4. The number of benzene rings is 1. The van der Waals surface area contributed by atoms with Crippen molar-refractivity contribution in [2.24, 2.45) is 5.92 Å². The fourth-order valence-electron chi connectivity index (χ4n) is 3.75. The fraction of sp³-hybridized carbons (Fsp3) is 0.679. The first kappa shape index (κ1) is 30.5. The molecule has 3 unspecified atom stereocenters. The monoisotopic (exact) mass is 489 g/mol. The van der Waals surface area contributed by atoms with Gasteiger partial charge in [-0.25, -0.2) is 4.79 Å². The topological polar surface area (TPSA) is 87.7 Å². The maximum absolute atomic E-state index is 14.0. The van der Waals surface area contributed by atoms with Crippen molar-refractivity contribution < 1.29 is 19.1 Å². The first-order valence-corrected chi connectivity index (χ1v) is 12.8. The zero-order valence-electron chi connectivity index (χ0n) is 23.5. The van der Waals surface area contributed by atoms with Crippen LogP contribution in [0.5, 0.6) is 0 Å². The summed E-state index contributed by atoms with van der Waals surface area (Å²) in [6.45, 7) is 19.4. The highest BCUT2D eigenvalue weighted by atomic mass is 16.6. The molecule has 198 valence electrons. The van der Waals surface area contributed by atoms with Crippen molar-refractivity contribution in [3.05, 3.63) is 35.4 Å². The quantitative estimate of drug-likeness (QED) is 0.462. The largest absolute Gasteiger partial charge is 0.444 e. The van der Waals surface area contributed by atoms with Gasteiger partial charge in [0.05, 0.1) is 0 Å². The average Bonchev–Trinajstić information content (AvgIpc) is 2.74. The third-order valence-corrected chi connectivity index (χ3v) is 5.66. The van der Waals surface area contributed by atoms with Crippen LogP contribution in [0, 0.1) is 5.92 Å². The lowest BCUT2D eigenvalue weighted by molar-refractivity contribution is -0.144. The normalized spacial score (nSPS) is 14.5. The molecule has 3 atom stereocenters. The molecule has 35 heavy (non-hydrogen) atoms. The predicted molar refractivity (Wildman–Crippen MR) is 141 cm³/mol. The first-order chi connectivity index (χ1) is 16.1. The Morgan fingerprint density at radius 3 is 1.97 bits per heavy atom. The molecule has 0 saturated heterocycles. The predicted octanol–water partition coefficient (Wildman–Crippen LogP) is 5.38. The minimum atomic E-state index is -0.820. The first-order valence-electron chi connectivity index (χ1n) is 12.8. The number of carbonyl (C=O) groups excluding carboxylic acids is 3. The van der Waals surface area contributed by atoms with E-state index in [0.717, 1.165) is 17.5 Å². The highest BCUT2D eigenvalue weighted by Crippen LogP contribution is 2.26. The molecule has 0 spiro atoms. The molecule has 0 aromatic heterocycles. The average molecular weight is 490 g/mol. The number of nitrogens with zero attached hydrogens (tertiary/aromatic N) is 1. The van der Waals surface area contributed by atoms with E-state index >= 15 is 0 Å². The minimum absolute atomic E-state index is 0.150. The van der Waals surface area contributed by atoms with E-state index in [4.69, 9.17) is 4.74 Å². The SMILES string of the molecule is CCCN(C(=O)C(NC(=O)OC(C)(C)C)C(C)CC)C(C(=O)NC(C)(C)C)c1ccc(CC)cc1. The van der Waals surface area contributed by atoms with Crippen LogP contribution in [0.4, 0.5) is 4.79 Å². The lowest BCUT2D eigenvalue weighted by Crippen LogP contribution is -2.56. The molecule has 7 nitrogen and oxygen atoms in total. The Morgan fingerprint density at radius 2 is 1.54 bits per heavy atom. The molecule has 1 aromatic carbocycles. The summed E-state index contributed by atoms with van der Waals surface area (Å²) in [6.07, 6.45) is 1.58. The zero-order chi connectivity index (χ0) is 27.0. The summed E-state index contributed by atoms with van der Waals surface area (Å²) in [4.78, 5) is 41.8. The molecule has 3 amide bonds. The molecule has 0 fully saturated rings. The van der Waals surface area contributed by atoms with E-state index in [2.05, 4.69) is 17.6 Å². The summed E-state index contributed by atoms with van der Waals surface area (Å²) in [5, 5.41) is 5.84. The number of rotatable bonds is 10. The van der Waals surface area contributed by atoms with Gasteiger partial charge < -0.3 is 20.3 Å². The number of hydrogen-bond acceptors (Lipinski definition) is 4. The second-order valence-corrected chi connectivity index (χ2v) is 11.3. The van der Waals surface area contributed by atoms with Crippen molar-refractivity contribution in [2.75, 3.05) is 6.54 Å². The maximum atomic E-state index is 14.0. The molecular weight excluding hydrogens is 442 g/mol. The van der Waals surface area contributed by atoms with Crippen LogP contribution >= 0.6 is 0 Å². The third kappa shape index (κ3) is 9.90. The Bertz CT molecular complexity index is 837. The van der Waals surface area contributed by atoms with Gasteiger partial charge in [-0.3, -0.25) is 9.59 Å². The minimum Gasteiger partial charge on any atom is -0.444 e. The highest BCUT2D eigenvalue weighted by Gasteiger charge is 2.38. The van der Waals surface area contributed by atoms with Gasteiger partial charge in [-0.2, -0.15) is 0 Å². The van der Waals surface area contributed by atoms with Crippen LogP contribution in [-0.4, -0.2) is 46.5 Å². The van der Waals surface area contributed by atoms with E-state index in [-0.39, 0.29) is 17.7 Å². The third-order valence-electron chi connectivity index (χ3n) is 5.66. The van der Waals surface area contributed by atoms with Gasteiger partial charge >= 0.3 is 6.09 Å². The molecule has 0 radical (unpaired) electrons. The number of carbonyl (C=O) groups is 3. The number of amides is 3. The van der Waals surface area contributed by atoms with Crippen molar-refractivity contribution in [1.82, 2.24) is 15.5 Å². The molecule has 1 aromatic rings. The van der Waals surface area contributed by atoms with E-state index in [1.165, 1.54) is 0 Å². The van der Waals surface area contributed by atoms with Gasteiger partial charge in [0.1, 0.15) is 17.7 Å². The number of hydrogen-bond donors (Lipinski definition) is 2. The smallest absolute Gasteiger partial charge is 0.408 e. The van der Waals surface area contributed by atoms with E-state index in [1.54, 1.807) is 25.7 Å². The number of aryl methyl sites for hydroxylation is 1. The van der Waals surface area contributed by atoms with E-state index in [0.29, 0.717) is 19.4 Å². The highest BCUT2D eigenvalue weighted by molar-refractivity contribution is 5.92. The van der Waals surface area contributed by atoms with Gasteiger partial charge in [-0.1, -0.05) is 58.4 Å². The molecule has 7 heteroatoms. The maximum Gasteiger partial charge on any atom is 0.408 e. The van der Waals surface area contributed by atoms with E-state index in [1.807, 2.05) is 65.8 Å². The molecule has 0 saturated carbocycles. The van der Waals surface area contributed by atoms with Crippen LogP contribution in [0.25, 0.3) is 0 Å². The molecule has 0 aliphatic rings. The van der Waals surface area contributed by atoms with Crippen molar-refractivity contribution >= 4 is 17.9 Å². The number of ether oxygens (including phenoxy) is 1. The molecule has 0 aliphatic heterocycles. The number of alkyl carbamates (subject to hydrolysis) is 1. The lowest BCUT2D eigenvalue weighted by atomic mass is 9.95. The van der Waals surface area contributed by atoms with Crippen LogP contribution in [0.3, 0.4) is 0 Å². The van der Waals surface area contributed by atoms with Crippen LogP contribution in [-0.2, 0) is 20.7 Å². The second kappa shape index (κ2) is 12.9. The fourth-order valence-corrected chi connectivity index (χ4v) is 3.75. The van der Waals surface area contributed by atoms with E-state index < -0.39 is 29.3 Å². The Balaban J connectivity index is 3.49. The summed E-state index contributed by atoms with van der Waals surface area (Å²) < 4.78 is 5.44. The summed E-state index contributed by atoms with van der Waals surface area (Å²) in [5.74, 6) is -0.687. The molecule has 0 heterocycles. The van der Waals surface area contributed by atoms with Gasteiger partial charge in [-0.15, -0.1) is 0 Å². The van der Waals surface area contributed by atoms with Crippen LogP contribution in [0.1, 0.15) is 99.2 Å². The molecule has 0 bridgehead atoms. The van der Waals surface area contributed by atoms with Gasteiger partial charge in [-0.05, 0) is 71.4 Å². The van der Waals surface area contributed by atoms with E-state index in [9.17, 15) is 14.4 Å².